The van der Waals surface area contributed by atoms with E-state index in [4.69, 9.17) is 0 Å². The molecular formula is C18H23FN2O4S. The molecule has 0 N–H and O–H groups in total. The average Bonchev–Trinajstić information content (AvgIpc) is 3.00. The maximum atomic E-state index is 13.0. The van der Waals surface area contributed by atoms with Gasteiger partial charge in [-0.05, 0) is 43.5 Å². The van der Waals surface area contributed by atoms with Gasteiger partial charge in [-0.3, -0.25) is 9.59 Å². The van der Waals surface area contributed by atoms with Gasteiger partial charge < -0.3 is 9.80 Å². The fraction of sp³-hybridized carbons (Fsp3) is 0.556. The number of nitrogens with zero attached hydrogens (tertiary/aromatic N) is 2. The predicted molar refractivity (Wildman–Crippen MR) is 94.9 cm³/mol. The van der Waals surface area contributed by atoms with Gasteiger partial charge in [-0.1, -0.05) is 0 Å². The molecule has 0 aliphatic carbocycles. The molecule has 0 radical (unpaired) electrons. The third-order valence-electron chi connectivity index (χ3n) is 5.25. The highest BCUT2D eigenvalue weighted by atomic mass is 32.2. The average molecular weight is 382 g/mol. The van der Waals surface area contributed by atoms with Crippen LogP contribution in [0.3, 0.4) is 0 Å². The van der Waals surface area contributed by atoms with Gasteiger partial charge in [0.2, 0.25) is 5.91 Å². The van der Waals surface area contributed by atoms with E-state index in [9.17, 15) is 22.4 Å². The number of piperidine rings is 1. The van der Waals surface area contributed by atoms with Crippen LogP contribution < -0.4 is 0 Å². The summed E-state index contributed by atoms with van der Waals surface area (Å²) in [5.41, 5.74) is 0.398. The highest BCUT2D eigenvalue weighted by Crippen LogP contribution is 2.24. The van der Waals surface area contributed by atoms with Gasteiger partial charge in [-0.15, -0.1) is 0 Å². The largest absolute Gasteiger partial charge is 0.341 e. The molecule has 1 aromatic rings. The number of likely N-dealkylation sites (tertiary alicyclic amines) is 1. The molecule has 1 aromatic carbocycles. The third kappa shape index (κ3) is 4.06. The van der Waals surface area contributed by atoms with E-state index in [0.29, 0.717) is 37.9 Å². The van der Waals surface area contributed by atoms with Crippen molar-refractivity contribution in [2.75, 3.05) is 31.6 Å². The Balaban J connectivity index is 1.65. The Morgan fingerprint density at radius 2 is 1.88 bits per heavy atom. The van der Waals surface area contributed by atoms with Crippen LogP contribution in [0.25, 0.3) is 0 Å². The van der Waals surface area contributed by atoms with Crippen molar-refractivity contribution in [3.63, 3.8) is 0 Å². The van der Waals surface area contributed by atoms with Crippen LogP contribution in [0.15, 0.2) is 24.3 Å². The van der Waals surface area contributed by atoms with Gasteiger partial charge >= 0.3 is 0 Å². The second-order valence-electron chi connectivity index (χ2n) is 7.10. The summed E-state index contributed by atoms with van der Waals surface area (Å²) in [4.78, 5) is 28.5. The van der Waals surface area contributed by atoms with Gasteiger partial charge in [0.25, 0.3) is 5.91 Å². The van der Waals surface area contributed by atoms with Crippen molar-refractivity contribution < 1.29 is 22.4 Å². The van der Waals surface area contributed by atoms with Crippen molar-refractivity contribution in [3.05, 3.63) is 35.6 Å². The lowest BCUT2D eigenvalue weighted by Crippen LogP contribution is -2.48. The molecule has 26 heavy (non-hydrogen) atoms. The number of halogens is 1. The summed E-state index contributed by atoms with van der Waals surface area (Å²) in [7, 11) is -1.41. The summed E-state index contributed by atoms with van der Waals surface area (Å²) in [5, 5.41) is 0. The fourth-order valence-corrected chi connectivity index (χ4v) is 5.46. The standard InChI is InChI=1S/C18H23FN2O4S/c1-20(16-8-10-26(24,25)12-16)17(22)14-3-2-9-21(11-14)18(23)13-4-6-15(19)7-5-13/h4-7,14,16H,2-3,8-12H2,1H3/t14-,16-/m1/s1. The maximum absolute atomic E-state index is 13.0. The van der Waals surface area contributed by atoms with E-state index in [2.05, 4.69) is 0 Å². The molecule has 8 heteroatoms. The molecule has 0 aromatic heterocycles. The highest BCUT2D eigenvalue weighted by Gasteiger charge is 2.37. The minimum Gasteiger partial charge on any atom is -0.341 e. The molecule has 0 unspecified atom stereocenters. The summed E-state index contributed by atoms with van der Waals surface area (Å²) in [5.74, 6) is -0.921. The molecule has 0 saturated carbocycles. The van der Waals surface area contributed by atoms with E-state index in [0.717, 1.165) is 0 Å². The third-order valence-corrected chi connectivity index (χ3v) is 7.00. The molecule has 3 rings (SSSR count). The quantitative estimate of drug-likeness (QED) is 0.790. The molecule has 142 valence electrons. The Morgan fingerprint density at radius 3 is 2.50 bits per heavy atom. The minimum atomic E-state index is -3.06. The zero-order valence-corrected chi connectivity index (χ0v) is 15.5. The Kier molecular flexibility index (Phi) is 5.32. The van der Waals surface area contributed by atoms with Crippen molar-refractivity contribution in [2.24, 2.45) is 5.92 Å². The lowest BCUT2D eigenvalue weighted by Gasteiger charge is -2.35. The predicted octanol–water partition coefficient (Wildman–Crippen LogP) is 1.32. The molecule has 2 aliphatic rings. The molecule has 0 spiro atoms. The molecular weight excluding hydrogens is 359 g/mol. The molecule has 0 bridgehead atoms. The van der Waals surface area contributed by atoms with Crippen molar-refractivity contribution in [1.29, 1.82) is 0 Å². The van der Waals surface area contributed by atoms with E-state index in [-0.39, 0.29) is 35.3 Å². The second kappa shape index (κ2) is 7.34. The Morgan fingerprint density at radius 1 is 1.19 bits per heavy atom. The van der Waals surface area contributed by atoms with Gasteiger partial charge in [0.05, 0.1) is 17.4 Å². The number of rotatable bonds is 3. The molecule has 2 saturated heterocycles. The summed E-state index contributed by atoms with van der Waals surface area (Å²) in [6, 6.07) is 5.09. The Bertz CT molecular complexity index is 794. The second-order valence-corrected chi connectivity index (χ2v) is 9.33. The summed E-state index contributed by atoms with van der Waals surface area (Å²) < 4.78 is 36.3. The van der Waals surface area contributed by atoms with Crippen molar-refractivity contribution >= 4 is 21.7 Å². The number of amides is 2. The fourth-order valence-electron chi connectivity index (χ4n) is 3.69. The molecule has 6 nitrogen and oxygen atoms in total. The van der Waals surface area contributed by atoms with Crippen LogP contribution in [-0.2, 0) is 14.6 Å². The lowest BCUT2D eigenvalue weighted by atomic mass is 9.95. The summed E-state index contributed by atoms with van der Waals surface area (Å²) in [6.07, 6.45) is 1.85. The van der Waals surface area contributed by atoms with E-state index < -0.39 is 15.7 Å². The van der Waals surface area contributed by atoms with Crippen LogP contribution in [0.2, 0.25) is 0 Å². The molecule has 2 fully saturated rings. The van der Waals surface area contributed by atoms with Crippen molar-refractivity contribution in [1.82, 2.24) is 9.80 Å². The number of carbonyl (C=O) groups excluding carboxylic acids is 2. The smallest absolute Gasteiger partial charge is 0.253 e. The van der Waals surface area contributed by atoms with Gasteiger partial charge in [0, 0.05) is 31.7 Å². The molecule has 2 atom stereocenters. The Hall–Kier alpha value is -1.96. The van der Waals surface area contributed by atoms with Crippen LogP contribution in [-0.4, -0.2) is 67.7 Å². The zero-order chi connectivity index (χ0) is 18.9. The van der Waals surface area contributed by atoms with Gasteiger partial charge in [0.15, 0.2) is 9.84 Å². The van der Waals surface area contributed by atoms with Crippen molar-refractivity contribution in [2.45, 2.75) is 25.3 Å². The highest BCUT2D eigenvalue weighted by molar-refractivity contribution is 7.91. The summed E-state index contributed by atoms with van der Waals surface area (Å²) >= 11 is 0. The van der Waals surface area contributed by atoms with E-state index in [1.54, 1.807) is 16.8 Å². The topological polar surface area (TPSA) is 74.8 Å². The maximum Gasteiger partial charge on any atom is 0.253 e. The van der Waals surface area contributed by atoms with Crippen LogP contribution >= 0.6 is 0 Å². The monoisotopic (exact) mass is 382 g/mol. The van der Waals surface area contributed by atoms with Crippen molar-refractivity contribution in [3.8, 4) is 0 Å². The lowest BCUT2D eigenvalue weighted by molar-refractivity contribution is -0.137. The first-order valence-electron chi connectivity index (χ1n) is 8.79. The van der Waals surface area contributed by atoms with Crippen LogP contribution in [0, 0.1) is 11.7 Å². The Labute approximate surface area is 152 Å². The van der Waals surface area contributed by atoms with Gasteiger partial charge in [-0.25, -0.2) is 12.8 Å². The molecule has 2 amide bonds. The van der Waals surface area contributed by atoms with Gasteiger partial charge in [-0.2, -0.15) is 0 Å². The van der Waals surface area contributed by atoms with E-state index in [1.165, 1.54) is 24.3 Å². The molecule has 2 heterocycles. The number of hydrogen-bond acceptors (Lipinski definition) is 4. The van der Waals surface area contributed by atoms with Crippen LogP contribution in [0.4, 0.5) is 4.39 Å². The van der Waals surface area contributed by atoms with Crippen LogP contribution in [0.1, 0.15) is 29.6 Å². The molecule has 2 aliphatic heterocycles. The summed E-state index contributed by atoms with van der Waals surface area (Å²) in [6.45, 7) is 0.861. The zero-order valence-electron chi connectivity index (χ0n) is 14.7. The first-order chi connectivity index (χ1) is 12.3. The van der Waals surface area contributed by atoms with E-state index >= 15 is 0 Å². The minimum absolute atomic E-state index is 0.0141. The van der Waals surface area contributed by atoms with E-state index in [1.807, 2.05) is 0 Å². The van der Waals surface area contributed by atoms with Crippen LogP contribution in [0.5, 0.6) is 0 Å². The normalized spacial score (nSPS) is 25.1. The SMILES string of the molecule is CN(C(=O)[C@@H]1CCCN(C(=O)c2ccc(F)cc2)C1)[C@@H]1CCS(=O)(=O)C1. The number of hydrogen-bond donors (Lipinski definition) is 0. The number of sulfone groups is 1. The first kappa shape index (κ1) is 18.8. The first-order valence-corrected chi connectivity index (χ1v) is 10.6. The number of carbonyl (C=O) groups is 2. The number of benzene rings is 1. The van der Waals surface area contributed by atoms with Gasteiger partial charge in [0.1, 0.15) is 5.82 Å².